The molecule has 1 aromatic heterocycles. The number of nitro groups is 1. The molecular formula is C14H17N3O2S. The zero-order chi connectivity index (χ0) is 14.5. The van der Waals surface area contributed by atoms with Crippen LogP contribution in [-0.4, -0.2) is 28.5 Å². The van der Waals surface area contributed by atoms with E-state index in [4.69, 9.17) is 0 Å². The van der Waals surface area contributed by atoms with Crippen molar-refractivity contribution in [3.63, 3.8) is 0 Å². The number of thioether (sulfide) groups is 1. The topological polar surface area (TPSA) is 68.1 Å². The van der Waals surface area contributed by atoms with E-state index >= 15 is 0 Å². The van der Waals surface area contributed by atoms with Gasteiger partial charge >= 0.3 is 0 Å². The molecule has 0 fully saturated rings. The van der Waals surface area contributed by atoms with E-state index in [2.05, 4.69) is 16.6 Å². The fraction of sp³-hybridized carbons (Fsp3) is 0.357. The highest BCUT2D eigenvalue weighted by Gasteiger charge is 2.10. The molecule has 0 spiro atoms. The summed E-state index contributed by atoms with van der Waals surface area (Å²) >= 11 is 1.81. The van der Waals surface area contributed by atoms with Crippen molar-refractivity contribution in [2.24, 2.45) is 0 Å². The second-order valence-electron chi connectivity index (χ2n) is 4.54. The molecule has 0 saturated carbocycles. The Kier molecular flexibility index (Phi) is 4.79. The first kappa shape index (κ1) is 14.6. The fourth-order valence-electron chi connectivity index (χ4n) is 2.05. The Morgan fingerprint density at radius 1 is 1.40 bits per heavy atom. The summed E-state index contributed by atoms with van der Waals surface area (Å²) < 4.78 is 0. The zero-order valence-electron chi connectivity index (χ0n) is 11.5. The summed E-state index contributed by atoms with van der Waals surface area (Å²) in [4.78, 5) is 14.9. The lowest BCUT2D eigenvalue weighted by molar-refractivity contribution is -0.384. The van der Waals surface area contributed by atoms with Crippen molar-refractivity contribution >= 4 is 34.0 Å². The van der Waals surface area contributed by atoms with Gasteiger partial charge in [-0.25, -0.2) is 0 Å². The van der Waals surface area contributed by atoms with Crippen molar-refractivity contribution in [2.75, 3.05) is 23.9 Å². The van der Waals surface area contributed by atoms with Crippen molar-refractivity contribution in [1.82, 2.24) is 4.98 Å². The molecule has 0 aliphatic carbocycles. The van der Waals surface area contributed by atoms with E-state index in [1.165, 1.54) is 6.07 Å². The van der Waals surface area contributed by atoms with Crippen LogP contribution in [0.4, 0.5) is 11.4 Å². The number of nitrogens with one attached hydrogen (secondary N) is 1. The second kappa shape index (κ2) is 6.56. The van der Waals surface area contributed by atoms with Gasteiger partial charge in [-0.3, -0.25) is 15.1 Å². The Labute approximate surface area is 121 Å². The standard InChI is InChI=1S/C14H17N3O2S/c1-10-8-14(15-6-3-7-20-2)12-9-11(17(18)19)4-5-13(12)16-10/h4-5,8-9H,3,6-7H2,1-2H3,(H,15,16). The number of pyridine rings is 1. The van der Waals surface area contributed by atoms with Crippen molar-refractivity contribution in [3.05, 3.63) is 40.1 Å². The van der Waals surface area contributed by atoms with Crippen LogP contribution in [-0.2, 0) is 0 Å². The van der Waals surface area contributed by atoms with Crippen molar-refractivity contribution < 1.29 is 4.92 Å². The molecule has 1 aromatic carbocycles. The van der Waals surface area contributed by atoms with Gasteiger partial charge in [0, 0.05) is 35.4 Å². The van der Waals surface area contributed by atoms with Gasteiger partial charge in [0.1, 0.15) is 0 Å². The van der Waals surface area contributed by atoms with Gasteiger partial charge in [-0.1, -0.05) is 0 Å². The molecular weight excluding hydrogens is 274 g/mol. The first-order valence-electron chi connectivity index (χ1n) is 6.40. The molecule has 6 heteroatoms. The van der Waals surface area contributed by atoms with Crippen LogP contribution in [0, 0.1) is 17.0 Å². The number of nitro benzene ring substituents is 1. The number of benzene rings is 1. The van der Waals surface area contributed by atoms with E-state index in [0.29, 0.717) is 0 Å². The highest BCUT2D eigenvalue weighted by Crippen LogP contribution is 2.27. The first-order valence-corrected chi connectivity index (χ1v) is 7.80. The molecule has 0 atom stereocenters. The van der Waals surface area contributed by atoms with Gasteiger partial charge < -0.3 is 5.32 Å². The maximum absolute atomic E-state index is 10.9. The minimum atomic E-state index is -0.378. The molecule has 2 aromatic rings. The van der Waals surface area contributed by atoms with E-state index in [0.717, 1.165) is 41.0 Å². The minimum absolute atomic E-state index is 0.0929. The number of nitrogens with zero attached hydrogens (tertiary/aromatic N) is 2. The predicted molar refractivity (Wildman–Crippen MR) is 84.6 cm³/mol. The largest absolute Gasteiger partial charge is 0.384 e. The fourth-order valence-corrected chi connectivity index (χ4v) is 2.48. The van der Waals surface area contributed by atoms with Gasteiger partial charge in [-0.05, 0) is 37.5 Å². The van der Waals surface area contributed by atoms with Crippen molar-refractivity contribution in [3.8, 4) is 0 Å². The van der Waals surface area contributed by atoms with Gasteiger partial charge in [0.25, 0.3) is 5.69 Å². The van der Waals surface area contributed by atoms with Gasteiger partial charge in [0.05, 0.1) is 10.4 Å². The normalized spacial score (nSPS) is 10.7. The third-order valence-electron chi connectivity index (χ3n) is 2.97. The SMILES string of the molecule is CSCCCNc1cc(C)nc2ccc([N+](=O)[O-])cc12. The lowest BCUT2D eigenvalue weighted by Gasteiger charge is -2.10. The number of anilines is 1. The van der Waals surface area contributed by atoms with Crippen LogP contribution in [0.15, 0.2) is 24.3 Å². The summed E-state index contributed by atoms with van der Waals surface area (Å²) in [5.41, 5.74) is 2.69. The summed E-state index contributed by atoms with van der Waals surface area (Å²) in [5, 5.41) is 15.0. The molecule has 0 unspecified atom stereocenters. The second-order valence-corrected chi connectivity index (χ2v) is 5.53. The smallest absolute Gasteiger partial charge is 0.270 e. The Morgan fingerprint density at radius 2 is 2.20 bits per heavy atom. The number of fused-ring (bicyclic) bond motifs is 1. The van der Waals surface area contributed by atoms with E-state index < -0.39 is 0 Å². The van der Waals surface area contributed by atoms with Crippen molar-refractivity contribution in [1.29, 1.82) is 0 Å². The van der Waals surface area contributed by atoms with Gasteiger partial charge in [-0.15, -0.1) is 0 Å². The molecule has 1 N–H and O–H groups in total. The molecule has 0 bridgehead atoms. The summed E-state index contributed by atoms with van der Waals surface area (Å²) in [6, 6.07) is 6.71. The average Bonchev–Trinajstić information content (AvgIpc) is 2.42. The quantitative estimate of drug-likeness (QED) is 0.500. The number of aryl methyl sites for hydroxylation is 1. The Bertz CT molecular complexity index is 631. The number of hydrogen-bond donors (Lipinski definition) is 1. The zero-order valence-corrected chi connectivity index (χ0v) is 12.4. The third kappa shape index (κ3) is 3.39. The first-order chi connectivity index (χ1) is 9.61. The van der Waals surface area contributed by atoms with Crippen molar-refractivity contribution in [2.45, 2.75) is 13.3 Å². The van der Waals surface area contributed by atoms with Crippen LogP contribution >= 0.6 is 11.8 Å². The molecule has 1 heterocycles. The highest BCUT2D eigenvalue weighted by molar-refractivity contribution is 7.98. The predicted octanol–water partition coefficient (Wildman–Crippen LogP) is 3.62. The maximum Gasteiger partial charge on any atom is 0.270 e. The van der Waals surface area contributed by atoms with Gasteiger partial charge in [0.15, 0.2) is 0 Å². The molecule has 0 radical (unpaired) electrons. The summed E-state index contributed by atoms with van der Waals surface area (Å²) in [5.74, 6) is 1.09. The van der Waals surface area contributed by atoms with E-state index in [9.17, 15) is 10.1 Å². The monoisotopic (exact) mass is 291 g/mol. The van der Waals surface area contributed by atoms with Crippen LogP contribution < -0.4 is 5.32 Å². The summed E-state index contributed by atoms with van der Waals surface area (Å²) in [7, 11) is 0. The molecule has 0 aliphatic rings. The molecule has 0 amide bonds. The summed E-state index contributed by atoms with van der Waals surface area (Å²) in [6.07, 6.45) is 3.13. The van der Waals surface area contributed by atoms with Gasteiger partial charge in [0.2, 0.25) is 0 Å². The van der Waals surface area contributed by atoms with Crippen LogP contribution in [0.25, 0.3) is 10.9 Å². The Hall–Kier alpha value is -1.82. The lowest BCUT2D eigenvalue weighted by atomic mass is 10.1. The molecule has 5 nitrogen and oxygen atoms in total. The lowest BCUT2D eigenvalue weighted by Crippen LogP contribution is -2.04. The maximum atomic E-state index is 10.9. The van der Waals surface area contributed by atoms with Crippen LogP contribution in [0.2, 0.25) is 0 Å². The number of non-ortho nitro benzene ring substituents is 1. The van der Waals surface area contributed by atoms with E-state index in [-0.39, 0.29) is 10.6 Å². The Morgan fingerprint density at radius 3 is 2.90 bits per heavy atom. The molecule has 0 saturated heterocycles. The number of hydrogen-bond acceptors (Lipinski definition) is 5. The molecule has 20 heavy (non-hydrogen) atoms. The van der Waals surface area contributed by atoms with Crippen LogP contribution in [0.3, 0.4) is 0 Å². The molecule has 2 rings (SSSR count). The minimum Gasteiger partial charge on any atom is -0.384 e. The third-order valence-corrected chi connectivity index (χ3v) is 3.67. The van der Waals surface area contributed by atoms with E-state index in [1.807, 2.05) is 24.8 Å². The Balaban J connectivity index is 2.34. The summed E-state index contributed by atoms with van der Waals surface area (Å²) in [6.45, 7) is 2.77. The van der Waals surface area contributed by atoms with E-state index in [1.54, 1.807) is 12.1 Å². The number of rotatable bonds is 6. The van der Waals surface area contributed by atoms with Gasteiger partial charge in [-0.2, -0.15) is 11.8 Å². The number of aromatic nitrogens is 1. The van der Waals surface area contributed by atoms with Crippen LogP contribution in [0.1, 0.15) is 12.1 Å². The average molecular weight is 291 g/mol. The molecule has 106 valence electrons. The molecule has 0 aliphatic heterocycles. The highest BCUT2D eigenvalue weighted by atomic mass is 32.2. The van der Waals surface area contributed by atoms with Crippen LogP contribution in [0.5, 0.6) is 0 Å².